The van der Waals surface area contributed by atoms with Crippen molar-refractivity contribution in [3.63, 3.8) is 0 Å². The molecule has 1 heterocycles. The number of rotatable bonds is 6. The summed E-state index contributed by atoms with van der Waals surface area (Å²) in [6.07, 6.45) is 1.55. The first-order chi connectivity index (χ1) is 12.0. The van der Waals surface area contributed by atoms with Crippen LogP contribution in [0.5, 0.6) is 5.75 Å². The lowest BCUT2D eigenvalue weighted by Gasteiger charge is -2.14. The van der Waals surface area contributed by atoms with Crippen LogP contribution in [0.4, 0.5) is 5.69 Å². The normalized spacial score (nSPS) is 12.0. The number of carbonyl (C=O) groups is 2. The zero-order chi connectivity index (χ0) is 18.2. The predicted octanol–water partition coefficient (Wildman–Crippen LogP) is 2.77. The highest BCUT2D eigenvalue weighted by Crippen LogP contribution is 2.23. The minimum absolute atomic E-state index is 0.271. The molecule has 0 aliphatic carbocycles. The van der Waals surface area contributed by atoms with Gasteiger partial charge in [0.05, 0.1) is 19.1 Å². The summed E-state index contributed by atoms with van der Waals surface area (Å²) in [7, 11) is 1.48. The fourth-order valence-electron chi connectivity index (χ4n) is 1.91. The summed E-state index contributed by atoms with van der Waals surface area (Å²) >= 11 is 0. The summed E-state index contributed by atoms with van der Waals surface area (Å²) in [5.74, 6) is -0.654. The number of methoxy groups -OCH3 is 1. The molecular weight excluding hydrogens is 324 g/mol. The molecule has 0 saturated carbocycles. The Labute approximate surface area is 144 Å². The lowest BCUT2D eigenvalue weighted by Crippen LogP contribution is -2.30. The molecule has 7 heteroatoms. The Hall–Kier alpha value is -3.53. The van der Waals surface area contributed by atoms with E-state index in [2.05, 4.69) is 5.32 Å². The molecule has 1 N–H and O–H groups in total. The number of esters is 1. The lowest BCUT2D eigenvalue weighted by atomic mass is 10.2. The molecule has 7 nitrogen and oxygen atoms in total. The minimum Gasteiger partial charge on any atom is -0.495 e. The molecule has 0 aliphatic rings. The SMILES string of the molecule is COc1ccccc1NC(=O)[C@@H](C)OC(=O)/C(C#N)=C/c1ccco1. The molecule has 0 aliphatic heterocycles. The summed E-state index contributed by atoms with van der Waals surface area (Å²) < 4.78 is 15.2. The van der Waals surface area contributed by atoms with E-state index in [1.807, 2.05) is 0 Å². The Morgan fingerprint density at radius 2 is 2.04 bits per heavy atom. The van der Waals surface area contributed by atoms with Crippen molar-refractivity contribution in [1.82, 2.24) is 0 Å². The molecule has 1 aromatic carbocycles. The largest absolute Gasteiger partial charge is 0.495 e. The maximum absolute atomic E-state index is 12.2. The monoisotopic (exact) mass is 340 g/mol. The first-order valence-corrected chi connectivity index (χ1v) is 7.35. The topological polar surface area (TPSA) is 102 Å². The lowest BCUT2D eigenvalue weighted by molar-refractivity contribution is -0.148. The highest BCUT2D eigenvalue weighted by Gasteiger charge is 2.21. The molecule has 0 unspecified atom stereocenters. The van der Waals surface area contributed by atoms with Gasteiger partial charge in [0.25, 0.3) is 5.91 Å². The average molecular weight is 340 g/mol. The molecule has 1 atom stereocenters. The van der Waals surface area contributed by atoms with Crippen molar-refractivity contribution in [2.45, 2.75) is 13.0 Å². The Balaban J connectivity index is 2.03. The van der Waals surface area contributed by atoms with Gasteiger partial charge in [0.2, 0.25) is 0 Å². The third kappa shape index (κ3) is 4.72. The number of ether oxygens (including phenoxy) is 2. The molecule has 1 amide bonds. The Bertz CT molecular complexity index is 818. The zero-order valence-corrected chi connectivity index (χ0v) is 13.7. The maximum Gasteiger partial charge on any atom is 0.349 e. The van der Waals surface area contributed by atoms with Crippen LogP contribution in [0.15, 0.2) is 52.7 Å². The van der Waals surface area contributed by atoms with Gasteiger partial charge in [-0.25, -0.2) is 4.79 Å². The van der Waals surface area contributed by atoms with Crippen LogP contribution in [0, 0.1) is 11.3 Å². The Kier molecular flexibility index (Phi) is 5.96. The summed E-state index contributed by atoms with van der Waals surface area (Å²) in [5, 5.41) is 11.7. The van der Waals surface area contributed by atoms with Gasteiger partial charge in [0, 0.05) is 6.08 Å². The van der Waals surface area contributed by atoms with Crippen molar-refractivity contribution in [2.24, 2.45) is 0 Å². The number of para-hydroxylation sites is 2. The van der Waals surface area contributed by atoms with E-state index < -0.39 is 18.0 Å². The average Bonchev–Trinajstić information content (AvgIpc) is 3.13. The third-order valence-corrected chi connectivity index (χ3v) is 3.19. The highest BCUT2D eigenvalue weighted by molar-refractivity contribution is 6.01. The van der Waals surface area contributed by atoms with Gasteiger partial charge in [-0.2, -0.15) is 5.26 Å². The number of nitrogens with one attached hydrogen (secondary N) is 1. The summed E-state index contributed by atoms with van der Waals surface area (Å²) in [4.78, 5) is 24.2. The second-order valence-electron chi connectivity index (χ2n) is 4.92. The Morgan fingerprint density at radius 1 is 1.28 bits per heavy atom. The number of benzene rings is 1. The van der Waals surface area contributed by atoms with Crippen LogP contribution in [0.1, 0.15) is 12.7 Å². The fourth-order valence-corrected chi connectivity index (χ4v) is 1.91. The van der Waals surface area contributed by atoms with Gasteiger partial charge in [-0.3, -0.25) is 4.79 Å². The molecular formula is C18H16N2O5. The third-order valence-electron chi connectivity index (χ3n) is 3.19. The van der Waals surface area contributed by atoms with Crippen LogP contribution in [0.25, 0.3) is 6.08 Å². The molecule has 0 bridgehead atoms. The van der Waals surface area contributed by atoms with Crippen LogP contribution >= 0.6 is 0 Å². The second kappa shape index (κ2) is 8.36. The molecule has 1 aromatic heterocycles. The zero-order valence-electron chi connectivity index (χ0n) is 13.7. The van der Waals surface area contributed by atoms with Crippen molar-refractivity contribution in [3.8, 4) is 11.8 Å². The first-order valence-electron chi connectivity index (χ1n) is 7.35. The summed E-state index contributed by atoms with van der Waals surface area (Å²) in [6.45, 7) is 1.41. The van der Waals surface area contributed by atoms with E-state index in [-0.39, 0.29) is 5.57 Å². The van der Waals surface area contributed by atoms with Crippen LogP contribution in [-0.4, -0.2) is 25.1 Å². The minimum atomic E-state index is -1.11. The van der Waals surface area contributed by atoms with E-state index in [0.29, 0.717) is 17.2 Å². The molecule has 25 heavy (non-hydrogen) atoms. The summed E-state index contributed by atoms with van der Waals surface area (Å²) in [6, 6.07) is 11.8. The van der Waals surface area contributed by atoms with Gasteiger partial charge in [0.1, 0.15) is 23.2 Å². The van der Waals surface area contributed by atoms with Gasteiger partial charge in [-0.05, 0) is 31.2 Å². The van der Waals surface area contributed by atoms with Crippen molar-refractivity contribution in [1.29, 1.82) is 5.26 Å². The number of carbonyl (C=O) groups excluding carboxylic acids is 2. The van der Waals surface area contributed by atoms with E-state index in [0.717, 1.165) is 0 Å². The van der Waals surface area contributed by atoms with E-state index in [9.17, 15) is 9.59 Å². The van der Waals surface area contributed by atoms with Gasteiger partial charge < -0.3 is 19.2 Å². The van der Waals surface area contributed by atoms with Gasteiger partial charge in [-0.15, -0.1) is 0 Å². The van der Waals surface area contributed by atoms with Crippen molar-refractivity contribution in [2.75, 3.05) is 12.4 Å². The first kappa shape index (κ1) is 17.8. The van der Waals surface area contributed by atoms with Gasteiger partial charge in [0.15, 0.2) is 6.10 Å². The van der Waals surface area contributed by atoms with Crippen molar-refractivity contribution in [3.05, 3.63) is 54.0 Å². The standard InChI is InChI=1S/C18H16N2O5/c1-12(17(21)20-15-7-3-4-8-16(15)23-2)25-18(22)13(11-19)10-14-6-5-9-24-14/h3-10,12H,1-2H3,(H,20,21)/b13-10+/t12-/m1/s1. The number of anilines is 1. The molecule has 0 spiro atoms. The number of nitriles is 1. The van der Waals surface area contributed by atoms with Crippen LogP contribution in [-0.2, 0) is 14.3 Å². The number of nitrogens with zero attached hydrogens (tertiary/aromatic N) is 1. The molecule has 0 fully saturated rings. The number of furan rings is 1. The maximum atomic E-state index is 12.2. The predicted molar refractivity (Wildman–Crippen MR) is 89.5 cm³/mol. The smallest absolute Gasteiger partial charge is 0.349 e. The van der Waals surface area contributed by atoms with E-state index in [4.69, 9.17) is 19.2 Å². The van der Waals surface area contributed by atoms with Crippen LogP contribution in [0.3, 0.4) is 0 Å². The molecule has 2 rings (SSSR count). The number of hydrogen-bond acceptors (Lipinski definition) is 6. The van der Waals surface area contributed by atoms with Gasteiger partial charge in [-0.1, -0.05) is 12.1 Å². The van der Waals surface area contributed by atoms with Crippen molar-refractivity contribution >= 4 is 23.6 Å². The van der Waals surface area contributed by atoms with Crippen LogP contribution in [0.2, 0.25) is 0 Å². The quantitative estimate of drug-likeness (QED) is 0.493. The molecule has 0 radical (unpaired) electrons. The van der Waals surface area contributed by atoms with E-state index >= 15 is 0 Å². The molecule has 2 aromatic rings. The number of hydrogen-bond donors (Lipinski definition) is 1. The van der Waals surface area contributed by atoms with Gasteiger partial charge >= 0.3 is 5.97 Å². The molecule has 0 saturated heterocycles. The highest BCUT2D eigenvalue weighted by atomic mass is 16.5. The fraction of sp³-hybridized carbons (Fsp3) is 0.167. The molecule has 128 valence electrons. The van der Waals surface area contributed by atoms with Crippen molar-refractivity contribution < 1.29 is 23.5 Å². The van der Waals surface area contributed by atoms with E-state index in [1.165, 1.54) is 26.4 Å². The number of amides is 1. The van der Waals surface area contributed by atoms with E-state index in [1.54, 1.807) is 42.5 Å². The Morgan fingerprint density at radius 3 is 2.68 bits per heavy atom. The second-order valence-corrected chi connectivity index (χ2v) is 4.92. The van der Waals surface area contributed by atoms with Crippen LogP contribution < -0.4 is 10.1 Å². The summed E-state index contributed by atoms with van der Waals surface area (Å²) in [5.41, 5.74) is 0.177.